The zero-order valence-corrected chi connectivity index (χ0v) is 8.18. The fraction of sp³-hybridized carbons (Fsp3) is 0.333. The Morgan fingerprint density at radius 1 is 1.60 bits per heavy atom. The first kappa shape index (κ1) is 13.2. The molecular formula is C3H6FNaO4S. The molecule has 0 heterocycles. The van der Waals surface area contributed by atoms with Crippen LogP contribution in [0.15, 0.2) is 12.7 Å². The van der Waals surface area contributed by atoms with Gasteiger partial charge in [0.05, 0.1) is 0 Å². The van der Waals surface area contributed by atoms with E-state index in [2.05, 4.69) is 6.58 Å². The van der Waals surface area contributed by atoms with Gasteiger partial charge in [-0.3, -0.25) is 9.11 Å². The van der Waals surface area contributed by atoms with Gasteiger partial charge >= 0.3 is 58.8 Å². The summed E-state index contributed by atoms with van der Waals surface area (Å²) in [6, 6.07) is 0. The Labute approximate surface area is 76.1 Å². The summed E-state index contributed by atoms with van der Waals surface area (Å²) in [4.78, 5) is 0. The molecule has 0 aliphatic rings. The van der Waals surface area contributed by atoms with Gasteiger partial charge in [0.15, 0.2) is 0 Å². The molecule has 0 amide bonds. The van der Waals surface area contributed by atoms with Gasteiger partial charge in [-0.1, -0.05) is 0 Å². The van der Waals surface area contributed by atoms with Gasteiger partial charge in [0, 0.05) is 0 Å². The first-order valence-corrected chi connectivity index (χ1v) is 4.79. The molecule has 4 nitrogen and oxygen atoms in total. The molecule has 0 spiro atoms. The summed E-state index contributed by atoms with van der Waals surface area (Å²) in [7, 11) is -4.67. The van der Waals surface area contributed by atoms with Crippen molar-refractivity contribution in [2.75, 3.05) is 0 Å². The van der Waals surface area contributed by atoms with Crippen LogP contribution in [0, 0.1) is 0 Å². The second-order valence-corrected chi connectivity index (χ2v) is 3.36. The molecule has 56 valence electrons. The average molecular weight is 180 g/mol. The largest absolute Gasteiger partial charge is 0.394 e. The van der Waals surface area contributed by atoms with E-state index in [4.69, 9.17) is 17.5 Å². The number of allylic oxidation sites excluding steroid dienone is 1. The van der Waals surface area contributed by atoms with Crippen molar-refractivity contribution >= 4 is 38.3 Å². The van der Waals surface area contributed by atoms with Crippen LogP contribution in [-0.4, -0.2) is 48.9 Å². The van der Waals surface area contributed by atoms with Crippen molar-refractivity contribution in [2.45, 2.75) is 3.42 Å². The normalized spacial score (nSPS) is 12.9. The SMILES string of the molecule is C=C[CH](F)[Na].O=S(=O)(O)O. The predicted octanol–water partition coefficient (Wildman–Crippen LogP) is -0.0163. The maximum Gasteiger partial charge on any atom is 0.394 e. The number of rotatable bonds is 1. The van der Waals surface area contributed by atoms with Gasteiger partial charge in [-0.2, -0.15) is 8.42 Å². The van der Waals surface area contributed by atoms with Crippen LogP contribution in [0.1, 0.15) is 0 Å². The van der Waals surface area contributed by atoms with Crippen LogP contribution < -0.4 is 0 Å². The smallest absolute Gasteiger partial charge is 0.264 e. The minimum absolute atomic E-state index is 0.585. The Bertz CT molecular complexity index is 167. The van der Waals surface area contributed by atoms with E-state index in [0.29, 0.717) is 27.9 Å². The van der Waals surface area contributed by atoms with Gasteiger partial charge in [-0.15, -0.1) is 0 Å². The molecule has 0 aromatic heterocycles. The minimum atomic E-state index is -4.67. The first-order valence-electron chi connectivity index (χ1n) is 2.24. The van der Waals surface area contributed by atoms with E-state index in [1.54, 1.807) is 0 Å². The Kier molecular flexibility index (Phi) is 8.24. The molecule has 0 saturated carbocycles. The van der Waals surface area contributed by atoms with Crippen LogP contribution in [0.3, 0.4) is 0 Å². The molecule has 0 rings (SSSR count). The second kappa shape index (κ2) is 6.26. The van der Waals surface area contributed by atoms with E-state index in [1.807, 2.05) is 0 Å². The summed E-state index contributed by atoms with van der Waals surface area (Å²) in [5.41, 5.74) is 0. The standard InChI is InChI=1S/C3H4F.Na.H2O4S/c1-2-3-4;;1-5(2,3)4/h2-3H,1H2;;(H2,1,2,3,4). The van der Waals surface area contributed by atoms with Crippen LogP contribution >= 0.6 is 0 Å². The summed E-state index contributed by atoms with van der Waals surface area (Å²) >= 11 is 0.585. The molecule has 0 bridgehead atoms. The van der Waals surface area contributed by atoms with Crippen molar-refractivity contribution in [3.8, 4) is 0 Å². The second-order valence-electron chi connectivity index (χ2n) is 1.36. The molecule has 0 aromatic rings. The fourth-order valence-corrected chi connectivity index (χ4v) is 0. The Morgan fingerprint density at radius 3 is 1.70 bits per heavy atom. The monoisotopic (exact) mass is 180 g/mol. The third kappa shape index (κ3) is 75.3. The van der Waals surface area contributed by atoms with Crippen molar-refractivity contribution in [3.05, 3.63) is 12.7 Å². The van der Waals surface area contributed by atoms with Crippen LogP contribution in [0.2, 0.25) is 0 Å². The van der Waals surface area contributed by atoms with Gasteiger partial charge < -0.3 is 0 Å². The maximum absolute atomic E-state index is 11.4. The molecule has 10 heavy (non-hydrogen) atoms. The molecule has 7 heteroatoms. The van der Waals surface area contributed by atoms with E-state index < -0.39 is 13.8 Å². The molecule has 0 saturated heterocycles. The summed E-state index contributed by atoms with van der Waals surface area (Å²) < 4.78 is 42.2. The van der Waals surface area contributed by atoms with Gasteiger partial charge in [0.25, 0.3) is 0 Å². The molecule has 1 atom stereocenters. The molecule has 2 N–H and O–H groups in total. The van der Waals surface area contributed by atoms with Gasteiger partial charge in [-0.05, 0) is 0 Å². The van der Waals surface area contributed by atoms with Gasteiger partial charge in [0.2, 0.25) is 0 Å². The third-order valence-corrected chi connectivity index (χ3v) is 0.796. The fourth-order valence-electron chi connectivity index (χ4n) is 0. The summed E-state index contributed by atoms with van der Waals surface area (Å²) in [6.07, 6.45) is 1.31. The van der Waals surface area contributed by atoms with E-state index in [-0.39, 0.29) is 0 Å². The van der Waals surface area contributed by atoms with Gasteiger partial charge in [-0.25, -0.2) is 0 Å². The molecule has 0 aliphatic carbocycles. The third-order valence-electron chi connectivity index (χ3n) is 0.325. The number of alkyl halides is 1. The molecule has 0 aromatic carbocycles. The minimum Gasteiger partial charge on any atom is -0.264 e. The van der Waals surface area contributed by atoms with Crippen molar-refractivity contribution in [1.29, 1.82) is 0 Å². The quantitative estimate of drug-likeness (QED) is 0.338. The summed E-state index contributed by atoms with van der Waals surface area (Å²) in [5, 5.41) is 0. The molecule has 0 radical (unpaired) electrons. The Hall–Kier alpha value is 0.540. The van der Waals surface area contributed by atoms with Crippen LogP contribution in [0.4, 0.5) is 4.39 Å². The number of hydrogen-bond donors (Lipinski definition) is 2. The van der Waals surface area contributed by atoms with Crippen molar-refractivity contribution < 1.29 is 21.9 Å². The van der Waals surface area contributed by atoms with Crippen molar-refractivity contribution in [2.24, 2.45) is 0 Å². The Morgan fingerprint density at radius 2 is 1.70 bits per heavy atom. The maximum atomic E-state index is 11.4. The van der Waals surface area contributed by atoms with E-state index in [0.717, 1.165) is 0 Å². The van der Waals surface area contributed by atoms with E-state index >= 15 is 0 Å². The zero-order valence-electron chi connectivity index (χ0n) is 5.36. The molecule has 0 aliphatic heterocycles. The van der Waals surface area contributed by atoms with E-state index in [1.165, 1.54) is 6.08 Å². The number of halogens is 1. The summed E-state index contributed by atoms with van der Waals surface area (Å²) in [5.74, 6) is 0. The Balaban J connectivity index is 0. The van der Waals surface area contributed by atoms with Crippen molar-refractivity contribution in [1.82, 2.24) is 0 Å². The predicted molar refractivity (Wildman–Crippen MR) is 35.0 cm³/mol. The van der Waals surface area contributed by atoms with Crippen LogP contribution in [0.25, 0.3) is 0 Å². The average Bonchev–Trinajstić information content (AvgIpc) is 1.61. The summed E-state index contributed by atoms with van der Waals surface area (Å²) in [6.45, 7) is 3.22. The van der Waals surface area contributed by atoms with Crippen LogP contribution in [-0.2, 0) is 10.4 Å². The van der Waals surface area contributed by atoms with E-state index in [9.17, 15) is 4.39 Å². The number of hydrogen-bond acceptors (Lipinski definition) is 2. The molecule has 0 fully saturated rings. The zero-order chi connectivity index (χ0) is 8.78. The van der Waals surface area contributed by atoms with Gasteiger partial charge in [0.1, 0.15) is 0 Å². The molecular weight excluding hydrogens is 174 g/mol. The first-order chi connectivity index (χ1) is 4.27. The topological polar surface area (TPSA) is 74.6 Å². The molecule has 1 unspecified atom stereocenters. The van der Waals surface area contributed by atoms with Crippen molar-refractivity contribution in [3.63, 3.8) is 0 Å². The van der Waals surface area contributed by atoms with Crippen LogP contribution in [0.5, 0.6) is 0 Å².